The number of esters is 1. The zero-order valence-electron chi connectivity index (χ0n) is 12.6. The smallest absolute Gasteiger partial charge is 0.462 e. The summed E-state index contributed by atoms with van der Waals surface area (Å²) in [7, 11) is -1.93. The van der Waals surface area contributed by atoms with Gasteiger partial charge in [0.1, 0.15) is 0 Å². The highest BCUT2D eigenvalue weighted by Gasteiger charge is 2.39. The highest BCUT2D eigenvalue weighted by Crippen LogP contribution is 2.31. The van der Waals surface area contributed by atoms with Crippen molar-refractivity contribution in [3.8, 4) is 5.75 Å². The zero-order chi connectivity index (χ0) is 15.8. The molecule has 0 aliphatic heterocycles. The van der Waals surface area contributed by atoms with E-state index in [1.165, 1.54) is 4.83 Å². The number of ether oxygens (including phenoxy) is 1. The second-order valence-corrected chi connectivity index (χ2v) is 6.28. The quantitative estimate of drug-likeness (QED) is 0.450. The summed E-state index contributed by atoms with van der Waals surface area (Å²) < 4.78 is 17.4. The molecular formula is C14H22N2O4P+. The number of nitrogens with zero attached hydrogens (tertiary/aromatic N) is 1. The van der Waals surface area contributed by atoms with E-state index in [9.17, 15) is 9.36 Å². The van der Waals surface area contributed by atoms with Crippen LogP contribution in [0.4, 0.5) is 0 Å². The van der Waals surface area contributed by atoms with Crippen LogP contribution in [-0.2, 0) is 14.1 Å². The molecule has 1 aromatic carbocycles. The van der Waals surface area contributed by atoms with Crippen molar-refractivity contribution in [2.75, 3.05) is 12.7 Å². The Morgan fingerprint density at radius 1 is 1.29 bits per heavy atom. The summed E-state index contributed by atoms with van der Waals surface area (Å²) in [6.07, 6.45) is -0.00696. The number of nitrogens with two attached hydrogens (primary N) is 1. The van der Waals surface area contributed by atoms with Gasteiger partial charge in [-0.05, 0) is 37.5 Å². The summed E-state index contributed by atoms with van der Waals surface area (Å²) in [5.74, 6) is 0.0170. The van der Waals surface area contributed by atoms with Crippen molar-refractivity contribution < 1.29 is 18.9 Å². The van der Waals surface area contributed by atoms with Gasteiger partial charge in [-0.25, -0.2) is 0 Å². The summed E-state index contributed by atoms with van der Waals surface area (Å²) in [5.41, 5.74) is 5.44. The first-order valence-corrected chi connectivity index (χ1v) is 8.22. The lowest BCUT2D eigenvalue weighted by Gasteiger charge is -2.19. The number of carbonyl (C=O) groups is 1. The summed E-state index contributed by atoms with van der Waals surface area (Å²) in [4.78, 5) is 18.7. The lowest BCUT2D eigenvalue weighted by molar-refractivity contribution is -0.158. The fourth-order valence-electron chi connectivity index (χ4n) is 1.54. The second-order valence-electron chi connectivity index (χ2n) is 4.73. The van der Waals surface area contributed by atoms with E-state index < -0.39 is 20.0 Å². The fraction of sp³-hybridized carbons (Fsp3) is 0.500. The summed E-state index contributed by atoms with van der Waals surface area (Å²) in [6.45, 7) is 5.35. The van der Waals surface area contributed by atoms with Crippen molar-refractivity contribution in [2.45, 2.75) is 32.9 Å². The number of rotatable bonds is 8. The average molecular weight is 313 g/mol. The minimum absolute atomic E-state index is 0.238. The van der Waals surface area contributed by atoms with Gasteiger partial charge in [-0.1, -0.05) is 18.2 Å². The molecule has 0 saturated carbocycles. The van der Waals surface area contributed by atoms with Gasteiger partial charge >= 0.3 is 13.9 Å². The van der Waals surface area contributed by atoms with Gasteiger partial charge in [0.25, 0.3) is 0 Å². The third kappa shape index (κ3) is 5.79. The molecule has 0 bridgehead atoms. The maximum absolute atomic E-state index is 12.2. The molecule has 21 heavy (non-hydrogen) atoms. The topological polar surface area (TPSA) is 81.9 Å². The average Bonchev–Trinajstić information content (AvgIpc) is 2.44. The molecule has 2 unspecified atom stereocenters. The van der Waals surface area contributed by atoms with Crippen LogP contribution in [0, 0.1) is 0 Å². The molecule has 0 aromatic heterocycles. The molecule has 0 heterocycles. The minimum atomic E-state index is -1.93. The molecule has 6 nitrogen and oxygen atoms in total. The van der Waals surface area contributed by atoms with Gasteiger partial charge in [-0.3, -0.25) is 4.79 Å². The molecule has 0 radical (unpaired) electrons. The lowest BCUT2D eigenvalue weighted by Crippen LogP contribution is -2.39. The molecule has 1 aromatic rings. The van der Waals surface area contributed by atoms with E-state index >= 15 is 0 Å². The van der Waals surface area contributed by atoms with E-state index in [1.54, 1.807) is 45.0 Å². The van der Waals surface area contributed by atoms with E-state index in [0.717, 1.165) is 0 Å². The number of hydrogen-bond acceptors (Lipinski definition) is 5. The zero-order valence-corrected chi connectivity index (χ0v) is 13.5. The first-order valence-electron chi connectivity index (χ1n) is 6.83. The minimum Gasteiger partial charge on any atom is -0.462 e. The maximum atomic E-state index is 12.2. The molecule has 116 valence electrons. The Morgan fingerprint density at radius 2 is 1.90 bits per heavy atom. The predicted molar refractivity (Wildman–Crippen MR) is 81.1 cm³/mol. The van der Waals surface area contributed by atoms with Crippen LogP contribution in [0.3, 0.4) is 0 Å². The standard InChI is InChI=1S/C14H22N2O4P/c1-11(2)19-14(17)12(3)16(21(18)10-9-15)20-13-7-5-4-6-8-13/h4-8,11-12H,9-10,15H2,1-3H3/q+1. The van der Waals surface area contributed by atoms with Crippen LogP contribution in [0.25, 0.3) is 0 Å². The van der Waals surface area contributed by atoms with Crippen LogP contribution in [0.2, 0.25) is 0 Å². The van der Waals surface area contributed by atoms with Gasteiger partial charge in [-0.2, -0.15) is 0 Å². The first kappa shape index (κ1) is 17.6. The van der Waals surface area contributed by atoms with Crippen molar-refractivity contribution in [3.63, 3.8) is 0 Å². The van der Waals surface area contributed by atoms with Crippen LogP contribution >= 0.6 is 7.95 Å². The molecular weight excluding hydrogens is 291 g/mol. The monoisotopic (exact) mass is 313 g/mol. The van der Waals surface area contributed by atoms with Gasteiger partial charge in [0.2, 0.25) is 0 Å². The molecule has 0 amide bonds. The Hall–Kier alpha value is -1.49. The fourth-order valence-corrected chi connectivity index (χ4v) is 2.62. The Bertz CT molecular complexity index is 467. The normalized spacial score (nSPS) is 13.1. The van der Waals surface area contributed by atoms with Gasteiger partial charge < -0.3 is 15.3 Å². The lowest BCUT2D eigenvalue weighted by atomic mass is 10.3. The van der Waals surface area contributed by atoms with Crippen LogP contribution in [0.15, 0.2) is 30.3 Å². The van der Waals surface area contributed by atoms with Crippen LogP contribution in [0.5, 0.6) is 5.75 Å². The largest absolute Gasteiger partial charge is 0.472 e. The third-order valence-corrected chi connectivity index (χ3v) is 4.02. The van der Waals surface area contributed by atoms with E-state index in [-0.39, 0.29) is 18.8 Å². The Balaban J connectivity index is 2.86. The molecule has 0 aliphatic carbocycles. The Morgan fingerprint density at radius 3 is 2.43 bits per heavy atom. The number of hydrogen-bond donors (Lipinski definition) is 1. The van der Waals surface area contributed by atoms with Crippen molar-refractivity contribution in [3.05, 3.63) is 30.3 Å². The second kappa shape index (κ2) is 8.72. The van der Waals surface area contributed by atoms with Gasteiger partial charge in [0.15, 0.2) is 18.0 Å². The van der Waals surface area contributed by atoms with Crippen molar-refractivity contribution in [1.82, 2.24) is 4.83 Å². The maximum Gasteiger partial charge on any atom is 0.472 e. The Labute approximate surface area is 126 Å². The molecule has 0 aliphatic rings. The van der Waals surface area contributed by atoms with Crippen LogP contribution in [-0.4, -0.2) is 35.7 Å². The van der Waals surface area contributed by atoms with Gasteiger partial charge in [-0.15, -0.1) is 0 Å². The van der Waals surface area contributed by atoms with E-state index in [0.29, 0.717) is 5.75 Å². The number of carbonyl (C=O) groups excluding carboxylic acids is 1. The number of para-hydroxylation sites is 1. The molecule has 0 spiro atoms. The molecule has 2 atom stereocenters. The highest BCUT2D eigenvalue weighted by atomic mass is 31.1. The predicted octanol–water partition coefficient (Wildman–Crippen LogP) is 2.32. The van der Waals surface area contributed by atoms with Crippen molar-refractivity contribution in [1.29, 1.82) is 0 Å². The molecule has 7 heteroatoms. The number of hydroxylamine groups is 1. The van der Waals surface area contributed by atoms with E-state index in [1.807, 2.05) is 6.07 Å². The van der Waals surface area contributed by atoms with Crippen LogP contribution in [0.1, 0.15) is 20.8 Å². The SMILES string of the molecule is CC(C)OC(=O)C(C)N(Oc1ccccc1)[P+](=O)CCN. The van der Waals surface area contributed by atoms with E-state index in [4.69, 9.17) is 15.3 Å². The molecule has 2 N–H and O–H groups in total. The molecule has 1 rings (SSSR count). The highest BCUT2D eigenvalue weighted by molar-refractivity contribution is 7.41. The molecule has 0 fully saturated rings. The van der Waals surface area contributed by atoms with Crippen molar-refractivity contribution >= 4 is 13.9 Å². The summed E-state index contributed by atoms with van der Waals surface area (Å²) in [5, 5.41) is 0. The van der Waals surface area contributed by atoms with Gasteiger partial charge in [0.05, 0.1) is 10.9 Å². The first-order chi connectivity index (χ1) is 9.95. The van der Waals surface area contributed by atoms with E-state index in [2.05, 4.69) is 0 Å². The summed E-state index contributed by atoms with van der Waals surface area (Å²) >= 11 is 0. The number of benzene rings is 1. The molecule has 0 saturated heterocycles. The Kier molecular flexibility index (Phi) is 7.29. The summed E-state index contributed by atoms with van der Waals surface area (Å²) in [6, 6.07) is 8.08. The van der Waals surface area contributed by atoms with Crippen LogP contribution < -0.4 is 10.6 Å². The van der Waals surface area contributed by atoms with Gasteiger partial charge in [0, 0.05) is 6.54 Å². The van der Waals surface area contributed by atoms with Crippen molar-refractivity contribution in [2.24, 2.45) is 5.73 Å². The third-order valence-electron chi connectivity index (χ3n) is 2.51.